The van der Waals surface area contributed by atoms with Crippen molar-refractivity contribution >= 4 is 5.91 Å². The third-order valence-electron chi connectivity index (χ3n) is 6.93. The fraction of sp³-hybridized carbons (Fsp3) is 0.607. The van der Waals surface area contributed by atoms with Crippen molar-refractivity contribution in [2.75, 3.05) is 13.1 Å². The molecule has 32 heavy (non-hydrogen) atoms. The molecule has 1 unspecified atom stereocenters. The minimum Gasteiger partial charge on any atom is -0.491 e. The van der Waals surface area contributed by atoms with Crippen LogP contribution >= 0.6 is 0 Å². The number of benzene rings is 1. The van der Waals surface area contributed by atoms with Crippen molar-refractivity contribution in [3.8, 4) is 0 Å². The smallest absolute Gasteiger partial charge is 0.253 e. The van der Waals surface area contributed by atoms with Crippen LogP contribution in [0, 0.1) is 11.8 Å². The van der Waals surface area contributed by atoms with Crippen LogP contribution < -0.4 is 0 Å². The summed E-state index contributed by atoms with van der Waals surface area (Å²) in [7, 11) is 0. The number of likely N-dealkylation sites (tertiary alicyclic amines) is 1. The lowest BCUT2D eigenvalue weighted by molar-refractivity contribution is -0.0870. The predicted octanol–water partition coefficient (Wildman–Crippen LogP) is 6.21. The highest BCUT2D eigenvalue weighted by molar-refractivity contribution is 5.94. The lowest BCUT2D eigenvalue weighted by atomic mass is 9.76. The second-order valence-corrected chi connectivity index (χ2v) is 10.6. The van der Waals surface area contributed by atoms with Crippen LogP contribution in [0.25, 0.3) is 0 Å². The summed E-state index contributed by atoms with van der Waals surface area (Å²) in [6.07, 6.45) is 12.6. The molecule has 1 amide bonds. The Morgan fingerprint density at radius 2 is 1.91 bits per heavy atom. The Bertz CT molecular complexity index is 821. The van der Waals surface area contributed by atoms with Crippen LogP contribution in [-0.2, 0) is 10.3 Å². The summed E-state index contributed by atoms with van der Waals surface area (Å²) in [4.78, 5) is 15.0. The van der Waals surface area contributed by atoms with Gasteiger partial charge in [0.15, 0.2) is 0 Å². The van der Waals surface area contributed by atoms with Crippen LogP contribution in [0.2, 0.25) is 0 Å². The topological polar surface area (TPSA) is 49.8 Å². The van der Waals surface area contributed by atoms with E-state index in [1.54, 1.807) is 13.8 Å². The summed E-state index contributed by atoms with van der Waals surface area (Å²) >= 11 is 0. The molecule has 1 N–H and O–H groups in total. The molecule has 1 atom stereocenters. The summed E-state index contributed by atoms with van der Waals surface area (Å²) in [6, 6.07) is 7.36. The number of piperidine rings is 1. The molecule has 2 aliphatic rings. The zero-order valence-corrected chi connectivity index (χ0v) is 20.6. The zero-order valence-electron chi connectivity index (χ0n) is 20.6. The Morgan fingerprint density at radius 1 is 1.25 bits per heavy atom. The minimum absolute atomic E-state index is 0.0685. The molecule has 3 rings (SSSR count). The first-order valence-corrected chi connectivity index (χ1v) is 12.2. The predicted molar refractivity (Wildman–Crippen MR) is 130 cm³/mol. The van der Waals surface area contributed by atoms with Gasteiger partial charge in [-0.3, -0.25) is 4.79 Å². The molecule has 2 heterocycles. The van der Waals surface area contributed by atoms with E-state index in [4.69, 9.17) is 4.74 Å². The minimum atomic E-state index is -0.901. The van der Waals surface area contributed by atoms with Crippen molar-refractivity contribution < 1.29 is 14.6 Å². The van der Waals surface area contributed by atoms with E-state index in [1.165, 1.54) is 12.8 Å². The molecule has 1 aromatic carbocycles. The van der Waals surface area contributed by atoms with Crippen molar-refractivity contribution in [3.05, 3.63) is 59.4 Å². The zero-order chi connectivity index (χ0) is 23.4. The maximum absolute atomic E-state index is 13.1. The third kappa shape index (κ3) is 6.25. The number of amides is 1. The Balaban J connectivity index is 1.66. The molecule has 2 saturated heterocycles. The van der Waals surface area contributed by atoms with Gasteiger partial charge in [-0.2, -0.15) is 0 Å². The van der Waals surface area contributed by atoms with Crippen LogP contribution in [0.3, 0.4) is 0 Å². The van der Waals surface area contributed by atoms with E-state index in [1.807, 2.05) is 42.2 Å². The summed E-state index contributed by atoms with van der Waals surface area (Å²) in [6.45, 7) is 11.6. The van der Waals surface area contributed by atoms with E-state index in [2.05, 4.69) is 26.0 Å². The van der Waals surface area contributed by atoms with Gasteiger partial charge in [-0.15, -0.1) is 0 Å². The Morgan fingerprint density at radius 3 is 2.47 bits per heavy atom. The maximum atomic E-state index is 13.1. The van der Waals surface area contributed by atoms with E-state index in [0.29, 0.717) is 11.5 Å². The molecule has 4 nitrogen and oxygen atoms in total. The van der Waals surface area contributed by atoms with Crippen LogP contribution in [0.15, 0.2) is 48.3 Å². The number of rotatable bonds is 6. The Kier molecular flexibility index (Phi) is 7.87. The van der Waals surface area contributed by atoms with E-state index >= 15 is 0 Å². The average molecular weight is 440 g/mol. The molecular formula is C28H41NO3. The van der Waals surface area contributed by atoms with Gasteiger partial charge in [0.25, 0.3) is 5.91 Å². The molecule has 0 saturated carbocycles. The first kappa shape index (κ1) is 24.6. The van der Waals surface area contributed by atoms with E-state index < -0.39 is 5.60 Å². The molecule has 176 valence electrons. The first-order valence-electron chi connectivity index (χ1n) is 12.2. The molecule has 2 fully saturated rings. The van der Waals surface area contributed by atoms with Crippen LogP contribution in [0.1, 0.15) is 89.1 Å². The second-order valence-electron chi connectivity index (χ2n) is 10.6. The molecule has 4 heteroatoms. The summed E-state index contributed by atoms with van der Waals surface area (Å²) < 4.78 is 6.59. The van der Waals surface area contributed by atoms with Crippen molar-refractivity contribution in [2.45, 2.75) is 84.3 Å². The second kappa shape index (κ2) is 10.2. The fourth-order valence-electron chi connectivity index (χ4n) is 4.95. The highest BCUT2D eigenvalue weighted by Crippen LogP contribution is 2.43. The van der Waals surface area contributed by atoms with E-state index in [-0.39, 0.29) is 11.5 Å². The molecule has 0 aliphatic carbocycles. The number of hydrogen-bond acceptors (Lipinski definition) is 3. The normalized spacial score (nSPS) is 22.7. The van der Waals surface area contributed by atoms with Crippen molar-refractivity contribution in [1.29, 1.82) is 0 Å². The van der Waals surface area contributed by atoms with Gasteiger partial charge in [0.05, 0.1) is 11.4 Å². The van der Waals surface area contributed by atoms with Gasteiger partial charge in [0.2, 0.25) is 0 Å². The SMILES string of the molecule is C/C=C\C=C1/CC(CCC(C)C)CC2(CCN(C(=O)c3ccc(C(C)(C)O)cc3)CC2)O1. The van der Waals surface area contributed by atoms with Gasteiger partial charge in [0, 0.05) is 37.9 Å². The van der Waals surface area contributed by atoms with E-state index in [0.717, 1.165) is 56.0 Å². The van der Waals surface area contributed by atoms with Gasteiger partial charge in [-0.1, -0.05) is 44.6 Å². The monoisotopic (exact) mass is 439 g/mol. The van der Waals surface area contributed by atoms with Crippen LogP contribution in [0.5, 0.6) is 0 Å². The van der Waals surface area contributed by atoms with E-state index in [9.17, 15) is 9.90 Å². The molecule has 1 spiro atoms. The highest BCUT2D eigenvalue weighted by atomic mass is 16.5. The molecule has 0 radical (unpaired) electrons. The van der Waals surface area contributed by atoms with Crippen LogP contribution in [-0.4, -0.2) is 34.6 Å². The molecular weight excluding hydrogens is 398 g/mol. The largest absolute Gasteiger partial charge is 0.491 e. The van der Waals surface area contributed by atoms with Gasteiger partial charge in [-0.05, 0) is 69.2 Å². The first-order chi connectivity index (χ1) is 15.1. The fourth-order valence-corrected chi connectivity index (χ4v) is 4.95. The quantitative estimate of drug-likeness (QED) is 0.573. The number of aliphatic hydroxyl groups is 1. The van der Waals surface area contributed by atoms with Crippen LogP contribution in [0.4, 0.5) is 0 Å². The summed E-state index contributed by atoms with van der Waals surface area (Å²) in [5, 5.41) is 10.2. The van der Waals surface area contributed by atoms with Crippen molar-refractivity contribution in [2.24, 2.45) is 11.8 Å². The Labute approximate surface area is 194 Å². The summed E-state index contributed by atoms with van der Waals surface area (Å²) in [5.74, 6) is 2.54. The van der Waals surface area contributed by atoms with Gasteiger partial charge in [0.1, 0.15) is 5.60 Å². The Hall–Kier alpha value is -2.07. The number of allylic oxidation sites excluding steroid dienone is 4. The number of ether oxygens (including phenoxy) is 1. The standard InChI is InChI=1S/C28H41NO3/c1-6-7-8-25-19-22(10-9-21(2)3)20-28(32-25)15-17-29(18-16-28)26(30)23-11-13-24(14-12-23)27(4,5)31/h6-8,11-14,21-22,31H,9-10,15-20H2,1-5H3/b7-6-,25-8+. The number of carbonyl (C=O) groups is 1. The highest BCUT2D eigenvalue weighted by Gasteiger charge is 2.43. The van der Waals surface area contributed by atoms with Crippen molar-refractivity contribution in [3.63, 3.8) is 0 Å². The number of carbonyl (C=O) groups excluding carboxylic acids is 1. The number of hydrogen-bond donors (Lipinski definition) is 1. The molecule has 2 aliphatic heterocycles. The number of nitrogens with zero attached hydrogens (tertiary/aromatic N) is 1. The average Bonchev–Trinajstić information content (AvgIpc) is 2.75. The lowest BCUT2D eigenvalue weighted by Crippen LogP contribution is -2.50. The summed E-state index contributed by atoms with van der Waals surface area (Å²) in [5.41, 5.74) is 0.452. The van der Waals surface area contributed by atoms with Gasteiger partial charge < -0.3 is 14.7 Å². The molecule has 0 bridgehead atoms. The third-order valence-corrected chi connectivity index (χ3v) is 6.93. The maximum Gasteiger partial charge on any atom is 0.253 e. The molecule has 0 aromatic heterocycles. The van der Waals surface area contributed by atoms with Gasteiger partial charge in [-0.25, -0.2) is 0 Å². The van der Waals surface area contributed by atoms with Gasteiger partial charge >= 0.3 is 0 Å². The molecule has 1 aromatic rings. The lowest BCUT2D eigenvalue weighted by Gasteiger charge is -2.47. The van der Waals surface area contributed by atoms with Crippen molar-refractivity contribution in [1.82, 2.24) is 4.90 Å².